The predicted octanol–water partition coefficient (Wildman–Crippen LogP) is 4.80. The van der Waals surface area contributed by atoms with Crippen LogP contribution in [0, 0.1) is 5.82 Å². The second kappa shape index (κ2) is 8.23. The molecule has 2 aromatic carbocycles. The second-order valence-corrected chi connectivity index (χ2v) is 7.05. The SMILES string of the molecule is CC(C(=O)Nc1ccc(F)cc1)c1ccc2c(c1)CCCN2C(=O)CC(F)(F)F. The lowest BCUT2D eigenvalue weighted by molar-refractivity contribution is -0.152. The quantitative estimate of drug-likeness (QED) is 0.739. The van der Waals surface area contributed by atoms with E-state index in [1.807, 2.05) is 0 Å². The first-order valence-electron chi connectivity index (χ1n) is 9.20. The molecule has 0 bridgehead atoms. The third kappa shape index (κ3) is 5.13. The Hall–Kier alpha value is -2.90. The third-order valence-electron chi connectivity index (χ3n) is 4.88. The number of halogens is 4. The zero-order valence-corrected chi connectivity index (χ0v) is 15.7. The highest BCUT2D eigenvalue weighted by Crippen LogP contribution is 2.32. The van der Waals surface area contributed by atoms with Crippen molar-refractivity contribution in [1.82, 2.24) is 0 Å². The van der Waals surface area contributed by atoms with E-state index in [2.05, 4.69) is 5.32 Å². The molecular weight excluding hydrogens is 388 g/mol. The van der Waals surface area contributed by atoms with E-state index in [-0.39, 0.29) is 12.5 Å². The number of anilines is 2. The van der Waals surface area contributed by atoms with Crippen LogP contribution in [-0.2, 0) is 16.0 Å². The predicted molar refractivity (Wildman–Crippen MR) is 101 cm³/mol. The van der Waals surface area contributed by atoms with Crippen molar-refractivity contribution in [3.05, 3.63) is 59.4 Å². The largest absolute Gasteiger partial charge is 0.397 e. The smallest absolute Gasteiger partial charge is 0.326 e. The van der Waals surface area contributed by atoms with Gasteiger partial charge >= 0.3 is 6.18 Å². The minimum atomic E-state index is -4.55. The van der Waals surface area contributed by atoms with Crippen molar-refractivity contribution in [1.29, 1.82) is 0 Å². The van der Waals surface area contributed by atoms with Crippen LogP contribution in [0.15, 0.2) is 42.5 Å². The minimum Gasteiger partial charge on any atom is -0.326 e. The molecule has 3 rings (SSSR count). The van der Waals surface area contributed by atoms with Crippen LogP contribution in [0.5, 0.6) is 0 Å². The molecule has 8 heteroatoms. The Morgan fingerprint density at radius 2 is 1.83 bits per heavy atom. The number of fused-ring (bicyclic) bond motifs is 1. The number of alkyl halides is 3. The number of carbonyl (C=O) groups is 2. The zero-order chi connectivity index (χ0) is 21.2. The van der Waals surface area contributed by atoms with Gasteiger partial charge in [0.05, 0.1) is 5.92 Å². The molecule has 0 aliphatic carbocycles. The Morgan fingerprint density at radius 3 is 2.48 bits per heavy atom. The molecular formula is C21H20F4N2O2. The van der Waals surface area contributed by atoms with E-state index < -0.39 is 30.2 Å². The van der Waals surface area contributed by atoms with Crippen molar-refractivity contribution >= 4 is 23.2 Å². The first-order valence-corrected chi connectivity index (χ1v) is 9.20. The maximum atomic E-state index is 13.0. The highest BCUT2D eigenvalue weighted by atomic mass is 19.4. The number of aryl methyl sites for hydroxylation is 1. The van der Waals surface area contributed by atoms with Gasteiger partial charge in [-0.2, -0.15) is 13.2 Å². The van der Waals surface area contributed by atoms with Crippen LogP contribution >= 0.6 is 0 Å². The van der Waals surface area contributed by atoms with E-state index >= 15 is 0 Å². The average molecular weight is 408 g/mol. The summed E-state index contributed by atoms with van der Waals surface area (Å²) >= 11 is 0. The van der Waals surface area contributed by atoms with Crippen LogP contribution in [-0.4, -0.2) is 24.5 Å². The number of amides is 2. The van der Waals surface area contributed by atoms with Crippen molar-refractivity contribution in [2.24, 2.45) is 0 Å². The molecule has 154 valence electrons. The van der Waals surface area contributed by atoms with E-state index in [1.165, 1.54) is 29.2 Å². The Bertz CT molecular complexity index is 910. The van der Waals surface area contributed by atoms with Gasteiger partial charge in [-0.15, -0.1) is 0 Å². The Labute approximate surface area is 165 Å². The number of nitrogens with zero attached hydrogens (tertiary/aromatic N) is 1. The molecule has 0 spiro atoms. The van der Waals surface area contributed by atoms with Crippen LogP contribution in [0.4, 0.5) is 28.9 Å². The fourth-order valence-electron chi connectivity index (χ4n) is 3.35. The average Bonchev–Trinajstić information content (AvgIpc) is 2.66. The number of nitrogens with one attached hydrogen (secondary N) is 1. The molecule has 29 heavy (non-hydrogen) atoms. The topological polar surface area (TPSA) is 49.4 Å². The first-order chi connectivity index (χ1) is 13.6. The highest BCUT2D eigenvalue weighted by Gasteiger charge is 2.35. The van der Waals surface area contributed by atoms with Gasteiger partial charge in [0.25, 0.3) is 0 Å². The Morgan fingerprint density at radius 1 is 1.14 bits per heavy atom. The van der Waals surface area contributed by atoms with E-state index in [9.17, 15) is 27.2 Å². The molecule has 1 aliphatic heterocycles. The zero-order valence-electron chi connectivity index (χ0n) is 15.7. The number of hydrogen-bond acceptors (Lipinski definition) is 2. The molecule has 0 fully saturated rings. The van der Waals surface area contributed by atoms with E-state index in [0.717, 1.165) is 5.56 Å². The van der Waals surface area contributed by atoms with Crippen molar-refractivity contribution in [3.8, 4) is 0 Å². The summed E-state index contributed by atoms with van der Waals surface area (Å²) in [6.45, 7) is 1.94. The van der Waals surface area contributed by atoms with Gasteiger partial charge in [0.2, 0.25) is 11.8 Å². The van der Waals surface area contributed by atoms with Crippen LogP contribution in [0.2, 0.25) is 0 Å². The number of carbonyl (C=O) groups excluding carboxylic acids is 2. The van der Waals surface area contributed by atoms with Crippen molar-refractivity contribution in [3.63, 3.8) is 0 Å². The lowest BCUT2D eigenvalue weighted by Crippen LogP contribution is -2.38. The molecule has 2 amide bonds. The van der Waals surface area contributed by atoms with Gasteiger partial charge in [-0.25, -0.2) is 4.39 Å². The third-order valence-corrected chi connectivity index (χ3v) is 4.88. The Kier molecular flexibility index (Phi) is 5.91. The van der Waals surface area contributed by atoms with Crippen molar-refractivity contribution in [2.45, 2.75) is 38.3 Å². The fraction of sp³-hybridized carbons (Fsp3) is 0.333. The highest BCUT2D eigenvalue weighted by molar-refractivity contribution is 5.97. The normalized spacial score (nSPS) is 14.9. The van der Waals surface area contributed by atoms with Gasteiger partial charge in [-0.05, 0) is 61.2 Å². The van der Waals surface area contributed by atoms with E-state index in [0.29, 0.717) is 29.8 Å². The molecule has 0 saturated heterocycles. The van der Waals surface area contributed by atoms with Gasteiger partial charge in [0, 0.05) is 17.9 Å². The Balaban J connectivity index is 1.76. The lowest BCUT2D eigenvalue weighted by atomic mass is 9.93. The summed E-state index contributed by atoms with van der Waals surface area (Å²) in [7, 11) is 0. The second-order valence-electron chi connectivity index (χ2n) is 7.05. The molecule has 1 N–H and O–H groups in total. The minimum absolute atomic E-state index is 0.238. The summed E-state index contributed by atoms with van der Waals surface area (Å²) in [6, 6.07) is 10.4. The summed E-state index contributed by atoms with van der Waals surface area (Å²) in [6.07, 6.45) is -4.88. The molecule has 1 unspecified atom stereocenters. The van der Waals surface area contributed by atoms with E-state index in [4.69, 9.17) is 0 Å². The molecule has 1 atom stereocenters. The van der Waals surface area contributed by atoms with Crippen LogP contribution < -0.4 is 10.2 Å². The molecule has 4 nitrogen and oxygen atoms in total. The molecule has 2 aromatic rings. The molecule has 0 radical (unpaired) electrons. The summed E-state index contributed by atoms with van der Waals surface area (Å²) < 4.78 is 50.7. The summed E-state index contributed by atoms with van der Waals surface area (Å²) in [4.78, 5) is 25.7. The van der Waals surface area contributed by atoms with Crippen LogP contribution in [0.25, 0.3) is 0 Å². The molecule has 1 aliphatic rings. The van der Waals surface area contributed by atoms with Crippen molar-refractivity contribution in [2.75, 3.05) is 16.8 Å². The van der Waals surface area contributed by atoms with Gasteiger partial charge in [-0.3, -0.25) is 9.59 Å². The van der Waals surface area contributed by atoms with Gasteiger partial charge in [0.1, 0.15) is 12.2 Å². The molecule has 1 heterocycles. The molecule has 0 aromatic heterocycles. The summed E-state index contributed by atoms with van der Waals surface area (Å²) in [5, 5.41) is 2.71. The monoisotopic (exact) mass is 408 g/mol. The molecule has 0 saturated carbocycles. The number of rotatable bonds is 4. The lowest BCUT2D eigenvalue weighted by Gasteiger charge is -2.30. The number of benzene rings is 2. The summed E-state index contributed by atoms with van der Waals surface area (Å²) in [5.41, 5.74) is 2.35. The first kappa shape index (κ1) is 20.8. The van der Waals surface area contributed by atoms with Crippen molar-refractivity contribution < 1.29 is 27.2 Å². The standard InChI is InChI=1S/C21H20F4N2O2/c1-13(20(29)26-17-7-5-16(22)6-8-17)14-4-9-18-15(11-14)3-2-10-27(18)19(28)12-21(23,24)25/h4-9,11,13H,2-3,10,12H2,1H3,(H,26,29). The van der Waals surface area contributed by atoms with Gasteiger partial charge in [-0.1, -0.05) is 12.1 Å². The number of hydrogen-bond donors (Lipinski definition) is 1. The van der Waals surface area contributed by atoms with E-state index in [1.54, 1.807) is 25.1 Å². The van der Waals surface area contributed by atoms with Crippen LogP contribution in [0.1, 0.15) is 36.8 Å². The van der Waals surface area contributed by atoms with Crippen LogP contribution in [0.3, 0.4) is 0 Å². The summed E-state index contributed by atoms with van der Waals surface area (Å²) in [5.74, 6) is -2.22. The van der Waals surface area contributed by atoms with Gasteiger partial charge < -0.3 is 10.2 Å². The maximum Gasteiger partial charge on any atom is 0.397 e. The van der Waals surface area contributed by atoms with Gasteiger partial charge in [0.15, 0.2) is 0 Å². The maximum absolute atomic E-state index is 13.0. The fourth-order valence-corrected chi connectivity index (χ4v) is 3.35.